The zero-order valence-corrected chi connectivity index (χ0v) is 57.8. The molecule has 0 fully saturated rings. The molecule has 98 heavy (non-hydrogen) atoms. The van der Waals surface area contributed by atoms with Gasteiger partial charge in [0.1, 0.15) is 0 Å². The number of aromatic nitrogens is 4. The van der Waals surface area contributed by atoms with Crippen LogP contribution in [0.5, 0.6) is 0 Å². The second-order valence-electron chi connectivity index (χ2n) is 27.7. The van der Waals surface area contributed by atoms with Gasteiger partial charge in [-0.3, -0.25) is 9.97 Å². The van der Waals surface area contributed by atoms with Crippen molar-refractivity contribution >= 4 is 66.2 Å². The normalized spacial score (nSPS) is 13.7. The molecule has 0 atom stereocenters. The van der Waals surface area contributed by atoms with Crippen molar-refractivity contribution in [2.24, 2.45) is 0 Å². The third kappa shape index (κ3) is 10.2. The van der Waals surface area contributed by atoms with Gasteiger partial charge in [-0.15, -0.1) is 0 Å². The number of hydrogen-bond acceptors (Lipinski definition) is 4. The highest BCUT2D eigenvalue weighted by Gasteiger charge is 2.38. The average Bonchev–Trinajstić information content (AvgIpc) is 1.69. The number of nitrogens with zero attached hydrogens (tertiary/aromatic N) is 4. The summed E-state index contributed by atoms with van der Waals surface area (Å²) in [6.07, 6.45) is 3.75. The molecule has 19 rings (SSSR count). The fourth-order valence-electron chi connectivity index (χ4n) is 16.0. The fourth-order valence-corrected chi connectivity index (χ4v) is 16.4. The standard InChI is InChI=1S/C54H40N2.C24H16N2.C15H13I/c1-53(2)45-21-13-11-19-37(45)39-25-23-35(29-47(39)53)49-31-43(33-15-7-5-8-16-33)41-27-28-42-44(34-17-9-6-10-18-34)32-50(56-52(42)51(41)55-49)36-24-26-40-38-20-12-14-22-46(38)54(3,4)48(40)30-36;1-3-7-17(8-4-1)19-13-15-25-23-21(19)11-12-22-20(14-16-26-24(22)23)18-9-5-2-6-10-18;1-15(2)13-6-4-3-5-11(13)12-8-7-10(16)9-14(12)15/h5-32H,1-4H3;1-16H;3-9H,1-2H3. The van der Waals surface area contributed by atoms with Gasteiger partial charge in [0.2, 0.25) is 0 Å². The number of benzene rings is 12. The van der Waals surface area contributed by atoms with Crippen molar-refractivity contribution < 1.29 is 0 Å². The molecule has 0 aliphatic heterocycles. The SMILES string of the molecule is CC1(C)c2ccccc2-c2ccc(-c3cc(-c4ccccc4)c4ccc5c(-c6ccccc6)cc(-c6ccc7c(c6)C(C)(C)c6ccccc6-7)nc5c4n3)cc21.CC1(C)c2ccccc2-c2ccc(I)cc21.c1ccc(-c2ccnc3c2ccc2c(-c4ccccc4)ccnc23)cc1. The molecule has 468 valence electrons. The van der Waals surface area contributed by atoms with Gasteiger partial charge in [0.25, 0.3) is 0 Å². The Morgan fingerprint density at radius 2 is 0.520 bits per heavy atom. The van der Waals surface area contributed by atoms with E-state index in [9.17, 15) is 0 Å². The molecule has 4 heterocycles. The summed E-state index contributed by atoms with van der Waals surface area (Å²) in [5, 5.41) is 4.44. The van der Waals surface area contributed by atoms with E-state index in [2.05, 4.69) is 359 Å². The maximum Gasteiger partial charge on any atom is 0.0978 e. The van der Waals surface area contributed by atoms with E-state index in [1.807, 2.05) is 24.5 Å². The first kappa shape index (κ1) is 60.7. The van der Waals surface area contributed by atoms with Gasteiger partial charge in [-0.05, 0) is 182 Å². The number of pyridine rings is 4. The van der Waals surface area contributed by atoms with E-state index in [0.29, 0.717) is 0 Å². The van der Waals surface area contributed by atoms with Gasteiger partial charge in [-0.25, -0.2) is 9.97 Å². The van der Waals surface area contributed by atoms with Crippen LogP contribution in [-0.4, -0.2) is 19.9 Å². The van der Waals surface area contributed by atoms with Gasteiger partial charge in [0, 0.05) is 64.9 Å². The third-order valence-electron chi connectivity index (χ3n) is 21.0. The van der Waals surface area contributed by atoms with Crippen LogP contribution in [0.2, 0.25) is 0 Å². The Bertz CT molecular complexity index is 5530. The first-order chi connectivity index (χ1) is 47.8. The zero-order chi connectivity index (χ0) is 66.4. The van der Waals surface area contributed by atoms with Crippen LogP contribution in [0.1, 0.15) is 74.9 Å². The molecule has 5 heteroatoms. The fraction of sp³-hybridized carbons (Fsp3) is 0.0968. The number of rotatable bonds is 6. The van der Waals surface area contributed by atoms with Crippen molar-refractivity contribution in [3.63, 3.8) is 0 Å². The molecule has 0 N–H and O–H groups in total. The first-order valence-corrected chi connectivity index (χ1v) is 34.9. The van der Waals surface area contributed by atoms with E-state index >= 15 is 0 Å². The highest BCUT2D eigenvalue weighted by Crippen LogP contribution is 2.53. The Morgan fingerprint density at radius 3 is 0.888 bits per heavy atom. The lowest BCUT2D eigenvalue weighted by atomic mass is 9.81. The Kier molecular flexibility index (Phi) is 14.8. The van der Waals surface area contributed by atoms with Crippen LogP contribution >= 0.6 is 22.6 Å². The molecule has 0 unspecified atom stereocenters. The maximum absolute atomic E-state index is 5.60. The Balaban J connectivity index is 0.000000140. The van der Waals surface area contributed by atoms with E-state index < -0.39 is 0 Å². The van der Waals surface area contributed by atoms with E-state index in [1.165, 1.54) is 92.6 Å². The highest BCUT2D eigenvalue weighted by molar-refractivity contribution is 14.1. The monoisotopic (exact) mass is 1370 g/mol. The van der Waals surface area contributed by atoms with Gasteiger partial charge < -0.3 is 0 Å². The first-order valence-electron chi connectivity index (χ1n) is 33.9. The molecular weight excluding hydrogens is 1300 g/mol. The van der Waals surface area contributed by atoms with Crippen molar-refractivity contribution in [3.8, 4) is 100 Å². The smallest absolute Gasteiger partial charge is 0.0978 e. The van der Waals surface area contributed by atoms with Crippen LogP contribution in [0.15, 0.2) is 310 Å². The van der Waals surface area contributed by atoms with Gasteiger partial charge in [-0.2, -0.15) is 0 Å². The van der Waals surface area contributed by atoms with E-state index in [4.69, 9.17) is 9.97 Å². The maximum atomic E-state index is 5.60. The lowest BCUT2D eigenvalue weighted by Gasteiger charge is -2.22. The summed E-state index contributed by atoms with van der Waals surface area (Å²) in [5.41, 5.74) is 33.6. The van der Waals surface area contributed by atoms with E-state index in [-0.39, 0.29) is 16.2 Å². The Morgan fingerprint density at radius 1 is 0.224 bits per heavy atom. The molecule has 0 spiro atoms. The molecule has 0 amide bonds. The largest absolute Gasteiger partial charge is 0.254 e. The Hall–Kier alpha value is -11.0. The minimum atomic E-state index is -0.111. The number of fused-ring (bicyclic) bond motifs is 15. The van der Waals surface area contributed by atoms with Gasteiger partial charge in [-0.1, -0.05) is 290 Å². The third-order valence-corrected chi connectivity index (χ3v) is 21.7. The molecule has 4 aromatic heterocycles. The van der Waals surface area contributed by atoms with Crippen LogP contribution in [0.3, 0.4) is 0 Å². The quantitative estimate of drug-likeness (QED) is 0.123. The van der Waals surface area contributed by atoms with Crippen molar-refractivity contribution in [3.05, 3.63) is 347 Å². The summed E-state index contributed by atoms with van der Waals surface area (Å²) in [5.74, 6) is 0. The summed E-state index contributed by atoms with van der Waals surface area (Å²) < 4.78 is 1.32. The number of hydrogen-bond donors (Lipinski definition) is 0. The average molecular weight is 1370 g/mol. The summed E-state index contributed by atoms with van der Waals surface area (Å²) in [6.45, 7) is 14.0. The lowest BCUT2D eigenvalue weighted by molar-refractivity contribution is 0.660. The van der Waals surface area contributed by atoms with Crippen LogP contribution in [-0.2, 0) is 16.2 Å². The van der Waals surface area contributed by atoms with E-state index in [0.717, 1.165) is 88.4 Å². The predicted molar refractivity (Wildman–Crippen MR) is 419 cm³/mol. The Labute approximate surface area is 586 Å². The molecule has 0 bridgehead atoms. The molecular formula is C93H69IN4. The molecule has 0 saturated heterocycles. The summed E-state index contributed by atoms with van der Waals surface area (Å²) in [7, 11) is 0. The zero-order valence-electron chi connectivity index (χ0n) is 55.6. The number of halogens is 1. The molecule has 12 aromatic carbocycles. The van der Waals surface area contributed by atoms with Crippen molar-refractivity contribution in [2.45, 2.75) is 57.8 Å². The van der Waals surface area contributed by atoms with Crippen LogP contribution in [0.25, 0.3) is 144 Å². The van der Waals surface area contributed by atoms with Gasteiger partial charge >= 0.3 is 0 Å². The van der Waals surface area contributed by atoms with Crippen molar-refractivity contribution in [1.29, 1.82) is 0 Å². The molecule has 3 aliphatic rings. The van der Waals surface area contributed by atoms with Gasteiger partial charge in [0.05, 0.1) is 33.5 Å². The molecule has 16 aromatic rings. The molecule has 3 aliphatic carbocycles. The second kappa shape index (κ2) is 24.0. The van der Waals surface area contributed by atoms with Crippen LogP contribution < -0.4 is 0 Å². The van der Waals surface area contributed by atoms with Crippen molar-refractivity contribution in [1.82, 2.24) is 19.9 Å². The summed E-state index contributed by atoms with van der Waals surface area (Å²) >= 11 is 2.39. The minimum absolute atomic E-state index is 0.111. The van der Waals surface area contributed by atoms with Gasteiger partial charge in [0.15, 0.2) is 0 Å². The topological polar surface area (TPSA) is 51.6 Å². The molecule has 0 saturated carbocycles. The van der Waals surface area contributed by atoms with Crippen molar-refractivity contribution in [2.75, 3.05) is 0 Å². The highest BCUT2D eigenvalue weighted by atomic mass is 127. The van der Waals surface area contributed by atoms with Crippen LogP contribution in [0.4, 0.5) is 0 Å². The van der Waals surface area contributed by atoms with E-state index in [1.54, 1.807) is 0 Å². The minimum Gasteiger partial charge on any atom is -0.254 e. The lowest BCUT2D eigenvalue weighted by Crippen LogP contribution is -2.15. The summed E-state index contributed by atoms with van der Waals surface area (Å²) in [6, 6.07) is 107. The molecule has 4 nitrogen and oxygen atoms in total. The van der Waals surface area contributed by atoms with Crippen LogP contribution in [0, 0.1) is 3.57 Å². The summed E-state index contributed by atoms with van der Waals surface area (Å²) in [4.78, 5) is 20.5. The molecule has 0 radical (unpaired) electrons. The predicted octanol–water partition coefficient (Wildman–Crippen LogP) is 24.8. The second-order valence-corrected chi connectivity index (χ2v) is 29.0.